The summed E-state index contributed by atoms with van der Waals surface area (Å²) in [5, 5.41) is 3.43. The smallest absolute Gasteiger partial charge is 0.146 e. The van der Waals surface area contributed by atoms with Gasteiger partial charge in [0, 0.05) is 19.1 Å². The zero-order valence-corrected chi connectivity index (χ0v) is 13.0. The van der Waals surface area contributed by atoms with Crippen LogP contribution < -0.4 is 10.2 Å². The average Bonchev–Trinajstić information content (AvgIpc) is 2.86. The molecule has 0 aromatic heterocycles. The molecule has 0 aliphatic carbocycles. The Kier molecular flexibility index (Phi) is 5.41. The lowest BCUT2D eigenvalue weighted by atomic mass is 10.1. The Balaban J connectivity index is 2.17. The van der Waals surface area contributed by atoms with Crippen LogP contribution >= 0.6 is 0 Å². The van der Waals surface area contributed by atoms with Crippen LogP contribution in [-0.4, -0.2) is 19.1 Å². The lowest BCUT2D eigenvalue weighted by Crippen LogP contribution is -2.31. The van der Waals surface area contributed by atoms with Crippen molar-refractivity contribution in [2.24, 2.45) is 5.92 Å². The third-order valence-electron chi connectivity index (χ3n) is 4.07. The number of nitrogens with one attached hydrogen (secondary N) is 1. The molecule has 1 unspecified atom stereocenters. The molecule has 1 aliphatic rings. The van der Waals surface area contributed by atoms with Gasteiger partial charge < -0.3 is 10.2 Å². The van der Waals surface area contributed by atoms with E-state index in [1.54, 1.807) is 6.07 Å². The molecule has 1 aromatic carbocycles. The molecular weight excluding hydrogens is 251 g/mol. The number of para-hydroxylation sites is 1. The zero-order chi connectivity index (χ0) is 14.5. The van der Waals surface area contributed by atoms with Gasteiger partial charge in [-0.05, 0) is 43.4 Å². The summed E-state index contributed by atoms with van der Waals surface area (Å²) in [7, 11) is 0. The van der Waals surface area contributed by atoms with Gasteiger partial charge in [-0.15, -0.1) is 0 Å². The van der Waals surface area contributed by atoms with Gasteiger partial charge >= 0.3 is 0 Å². The predicted octanol–water partition coefficient (Wildman–Crippen LogP) is 3.95. The quantitative estimate of drug-likeness (QED) is 0.847. The fourth-order valence-corrected chi connectivity index (χ4v) is 3.07. The number of anilines is 1. The first-order chi connectivity index (χ1) is 9.63. The van der Waals surface area contributed by atoms with Crippen molar-refractivity contribution in [1.29, 1.82) is 0 Å². The minimum Gasteiger partial charge on any atom is -0.366 e. The van der Waals surface area contributed by atoms with Crippen LogP contribution in [0.3, 0.4) is 0 Å². The number of nitrogens with zero attached hydrogens (tertiary/aromatic N) is 1. The van der Waals surface area contributed by atoms with Crippen LogP contribution in [0, 0.1) is 11.7 Å². The molecule has 1 saturated heterocycles. The summed E-state index contributed by atoms with van der Waals surface area (Å²) >= 11 is 0. The van der Waals surface area contributed by atoms with Gasteiger partial charge in [0.05, 0.1) is 5.69 Å². The lowest BCUT2D eigenvalue weighted by molar-refractivity contribution is 0.546. The van der Waals surface area contributed by atoms with Gasteiger partial charge in [0.2, 0.25) is 0 Å². The van der Waals surface area contributed by atoms with E-state index < -0.39 is 0 Å². The van der Waals surface area contributed by atoms with Crippen LogP contribution in [0.15, 0.2) is 18.2 Å². The molecule has 0 saturated carbocycles. The van der Waals surface area contributed by atoms with E-state index in [-0.39, 0.29) is 5.82 Å². The Hall–Kier alpha value is -1.09. The lowest BCUT2D eigenvalue weighted by Gasteiger charge is -2.28. The molecule has 0 radical (unpaired) electrons. The summed E-state index contributed by atoms with van der Waals surface area (Å²) in [6.45, 7) is 9.27. The molecule has 1 aromatic rings. The highest BCUT2D eigenvalue weighted by molar-refractivity contribution is 5.56. The summed E-state index contributed by atoms with van der Waals surface area (Å²) in [5.41, 5.74) is 1.92. The second-order valence-electron chi connectivity index (χ2n) is 6.17. The van der Waals surface area contributed by atoms with E-state index in [0.29, 0.717) is 12.0 Å². The summed E-state index contributed by atoms with van der Waals surface area (Å²) in [5.74, 6) is 0.538. The van der Waals surface area contributed by atoms with E-state index in [4.69, 9.17) is 0 Å². The van der Waals surface area contributed by atoms with Crippen molar-refractivity contribution in [3.05, 3.63) is 29.6 Å². The van der Waals surface area contributed by atoms with E-state index in [9.17, 15) is 4.39 Å². The van der Waals surface area contributed by atoms with Crippen molar-refractivity contribution in [1.82, 2.24) is 5.32 Å². The van der Waals surface area contributed by atoms with Gasteiger partial charge in [-0.2, -0.15) is 0 Å². The molecule has 1 heterocycles. The van der Waals surface area contributed by atoms with Gasteiger partial charge in [-0.25, -0.2) is 4.39 Å². The van der Waals surface area contributed by atoms with Crippen LogP contribution in [0.1, 0.15) is 45.6 Å². The summed E-state index contributed by atoms with van der Waals surface area (Å²) in [6, 6.07) is 5.96. The van der Waals surface area contributed by atoms with E-state index >= 15 is 0 Å². The minimum atomic E-state index is -0.0748. The standard InChI is InChI=1S/C17H27FN2/c1-4-15-8-6-10-20(15)17-14(7-5-9-16(17)18)12-19-11-13(2)3/h5,7,9,13,15,19H,4,6,8,10-12H2,1-3H3. The molecule has 2 rings (SSSR count). The van der Waals surface area contributed by atoms with Crippen molar-refractivity contribution >= 4 is 5.69 Å². The summed E-state index contributed by atoms with van der Waals surface area (Å²) < 4.78 is 14.3. The first-order valence-corrected chi connectivity index (χ1v) is 7.88. The number of benzene rings is 1. The number of hydrogen-bond acceptors (Lipinski definition) is 2. The third kappa shape index (κ3) is 3.51. The molecule has 112 valence electrons. The summed E-state index contributed by atoms with van der Waals surface area (Å²) in [6.07, 6.45) is 3.45. The number of halogens is 1. The highest BCUT2D eigenvalue weighted by Gasteiger charge is 2.26. The first-order valence-electron chi connectivity index (χ1n) is 7.88. The average molecular weight is 278 g/mol. The van der Waals surface area contributed by atoms with E-state index in [0.717, 1.165) is 37.3 Å². The Morgan fingerprint density at radius 1 is 1.40 bits per heavy atom. The molecule has 0 amide bonds. The maximum Gasteiger partial charge on any atom is 0.146 e. The van der Waals surface area contributed by atoms with Crippen molar-refractivity contribution in [2.75, 3.05) is 18.0 Å². The second-order valence-corrected chi connectivity index (χ2v) is 6.17. The van der Waals surface area contributed by atoms with Crippen molar-refractivity contribution < 1.29 is 4.39 Å². The molecule has 0 bridgehead atoms. The van der Waals surface area contributed by atoms with Crippen LogP contribution in [0.4, 0.5) is 10.1 Å². The van der Waals surface area contributed by atoms with Crippen LogP contribution in [0.25, 0.3) is 0 Å². The molecule has 20 heavy (non-hydrogen) atoms. The second kappa shape index (κ2) is 7.07. The molecule has 1 N–H and O–H groups in total. The summed E-state index contributed by atoms with van der Waals surface area (Å²) in [4.78, 5) is 2.28. The fraction of sp³-hybridized carbons (Fsp3) is 0.647. The van der Waals surface area contributed by atoms with Crippen LogP contribution in [-0.2, 0) is 6.54 Å². The van der Waals surface area contributed by atoms with E-state index in [1.165, 1.54) is 12.8 Å². The van der Waals surface area contributed by atoms with Gasteiger partial charge in [-0.3, -0.25) is 0 Å². The predicted molar refractivity (Wildman–Crippen MR) is 83.6 cm³/mol. The maximum atomic E-state index is 14.3. The minimum absolute atomic E-state index is 0.0748. The SMILES string of the molecule is CCC1CCCN1c1c(F)cccc1CNCC(C)C. The Labute approximate surface area is 122 Å². The molecular formula is C17H27FN2. The first kappa shape index (κ1) is 15.3. The molecule has 1 fully saturated rings. The van der Waals surface area contributed by atoms with Gasteiger partial charge in [0.15, 0.2) is 0 Å². The Morgan fingerprint density at radius 3 is 2.90 bits per heavy atom. The molecule has 1 atom stereocenters. The van der Waals surface area contributed by atoms with E-state index in [1.807, 2.05) is 6.07 Å². The number of hydrogen-bond donors (Lipinski definition) is 1. The monoisotopic (exact) mass is 278 g/mol. The van der Waals surface area contributed by atoms with Crippen LogP contribution in [0.2, 0.25) is 0 Å². The maximum absolute atomic E-state index is 14.3. The van der Waals surface area contributed by atoms with Crippen LogP contribution in [0.5, 0.6) is 0 Å². The highest BCUT2D eigenvalue weighted by Crippen LogP contribution is 2.32. The molecule has 2 nitrogen and oxygen atoms in total. The van der Waals surface area contributed by atoms with E-state index in [2.05, 4.69) is 37.1 Å². The molecule has 3 heteroatoms. The molecule has 0 spiro atoms. The number of rotatable bonds is 6. The largest absolute Gasteiger partial charge is 0.366 e. The normalized spacial score (nSPS) is 19.1. The van der Waals surface area contributed by atoms with Crippen molar-refractivity contribution in [3.63, 3.8) is 0 Å². The zero-order valence-electron chi connectivity index (χ0n) is 13.0. The Morgan fingerprint density at radius 2 is 2.20 bits per heavy atom. The van der Waals surface area contributed by atoms with Crippen molar-refractivity contribution in [2.45, 2.75) is 52.6 Å². The van der Waals surface area contributed by atoms with Gasteiger partial charge in [0.1, 0.15) is 5.82 Å². The Bertz CT molecular complexity index is 431. The highest BCUT2D eigenvalue weighted by atomic mass is 19.1. The van der Waals surface area contributed by atoms with Crippen molar-refractivity contribution in [3.8, 4) is 0 Å². The third-order valence-corrected chi connectivity index (χ3v) is 4.07. The fourth-order valence-electron chi connectivity index (χ4n) is 3.07. The molecule has 1 aliphatic heterocycles. The topological polar surface area (TPSA) is 15.3 Å². The van der Waals surface area contributed by atoms with Gasteiger partial charge in [-0.1, -0.05) is 32.9 Å². The van der Waals surface area contributed by atoms with Gasteiger partial charge in [0.25, 0.3) is 0 Å².